The minimum atomic E-state index is -1.26. The number of halogens is 1. The lowest BCUT2D eigenvalue weighted by Gasteiger charge is -2.23. The van der Waals surface area contributed by atoms with Crippen molar-refractivity contribution < 1.29 is 37.6 Å². The molecule has 1 aliphatic heterocycles. The lowest BCUT2D eigenvalue weighted by atomic mass is 10.2. The number of methoxy groups -OCH3 is 2. The molecule has 0 amide bonds. The van der Waals surface area contributed by atoms with Gasteiger partial charge in [0.15, 0.2) is 44.6 Å². The first-order chi connectivity index (χ1) is 33.1. The Hall–Kier alpha value is -5.52. The summed E-state index contributed by atoms with van der Waals surface area (Å²) in [5.41, 5.74) is 3.74. The zero-order valence-electron chi connectivity index (χ0n) is 41.0. The number of para-hydroxylation sites is 1. The van der Waals surface area contributed by atoms with Gasteiger partial charge in [0.1, 0.15) is 12.5 Å². The van der Waals surface area contributed by atoms with Crippen LogP contribution in [-0.4, -0.2) is 105 Å². The van der Waals surface area contributed by atoms with Gasteiger partial charge in [0.25, 0.3) is 0 Å². The third-order valence-electron chi connectivity index (χ3n) is 11.2. The minimum Gasteiger partial charge on any atom is -0.497 e. The van der Waals surface area contributed by atoms with Gasteiger partial charge < -0.3 is 33.3 Å². The number of fused-ring (bicyclic) bond motifs is 1. The monoisotopic (exact) mass is 995 g/mol. The van der Waals surface area contributed by atoms with Crippen molar-refractivity contribution in [3.8, 4) is 23.3 Å². The van der Waals surface area contributed by atoms with E-state index in [2.05, 4.69) is 58.2 Å². The number of rotatable bonds is 21. The van der Waals surface area contributed by atoms with Gasteiger partial charge in [-0.25, -0.2) is 14.2 Å². The molecule has 366 valence electrons. The molecule has 0 aliphatic carbocycles. The number of hydrogen-bond acceptors (Lipinski definition) is 15. The Morgan fingerprint density at radius 3 is 2.55 bits per heavy atom. The lowest BCUT2D eigenvalue weighted by Crippen LogP contribution is -2.26. The molecule has 4 heterocycles. The molecule has 1 atom stereocenters. The molecule has 1 unspecified atom stereocenters. The summed E-state index contributed by atoms with van der Waals surface area (Å²) in [6, 6.07) is 23.8. The van der Waals surface area contributed by atoms with Crippen LogP contribution in [0.5, 0.6) is 11.5 Å². The smallest absolute Gasteiger partial charge is 0.357 e. The molecule has 14 nitrogen and oxygen atoms in total. The fourth-order valence-electron chi connectivity index (χ4n) is 7.42. The van der Waals surface area contributed by atoms with Crippen molar-refractivity contribution in [2.24, 2.45) is 4.99 Å². The van der Waals surface area contributed by atoms with Crippen LogP contribution in [0.1, 0.15) is 58.7 Å². The number of aryl methyl sites for hydroxylation is 2. The van der Waals surface area contributed by atoms with Gasteiger partial charge in [0, 0.05) is 38.2 Å². The fraction of sp³-hybridized carbons (Fsp3) is 0.431. The van der Waals surface area contributed by atoms with Crippen LogP contribution in [-0.2, 0) is 38.6 Å². The van der Waals surface area contributed by atoms with Gasteiger partial charge >= 0.3 is 5.97 Å². The van der Waals surface area contributed by atoms with Crippen molar-refractivity contribution in [3.05, 3.63) is 111 Å². The van der Waals surface area contributed by atoms with Crippen LogP contribution in [0.2, 0.25) is 25.7 Å². The van der Waals surface area contributed by atoms with E-state index in [9.17, 15) is 4.79 Å². The van der Waals surface area contributed by atoms with Gasteiger partial charge in [-0.05, 0) is 113 Å². The Kier molecular flexibility index (Phi) is 17.4. The topological polar surface area (TPSA) is 135 Å². The maximum absolute atomic E-state index is 15.2. The van der Waals surface area contributed by atoms with Crippen molar-refractivity contribution in [1.82, 2.24) is 24.6 Å². The van der Waals surface area contributed by atoms with E-state index in [1.807, 2.05) is 75.2 Å². The van der Waals surface area contributed by atoms with Crippen molar-refractivity contribution in [3.63, 3.8) is 0 Å². The molecule has 0 radical (unpaired) electrons. The van der Waals surface area contributed by atoms with Gasteiger partial charge in [0.05, 0.1) is 50.3 Å². The summed E-state index contributed by atoms with van der Waals surface area (Å²) < 4.78 is 52.9. The van der Waals surface area contributed by atoms with Crippen LogP contribution in [0, 0.1) is 24.6 Å². The first-order valence-corrected chi connectivity index (χ1v) is 28.4. The second-order valence-corrected chi connectivity index (χ2v) is 26.2. The predicted molar refractivity (Wildman–Crippen MR) is 272 cm³/mol. The first kappa shape index (κ1) is 51.3. The standard InChI is InChI=1S/C51H62FN7O7S2Si/c1-35-30-45(55-56-47(35)54-50-59(34-63-28-29-69(7,8)9)41-15-10-11-16-43(41)67-50)58(26-24-39-33-65-51(2,3)66-39)49-53-46(48(60)62-6)44(68-49)17-13-27-64-42-23-20-36(31-40(42)52)14-12-25-57(4)32-37-18-21-38(61-5)22-19-37/h10-11,15-16,18-23,30-31,39H,13,17,24-29,32-34H2,1-9H3/b54-50-. The zero-order chi connectivity index (χ0) is 49.1. The summed E-state index contributed by atoms with van der Waals surface area (Å²) in [5, 5.41) is 9.90. The number of ether oxygens (including phenoxy) is 6. The van der Waals surface area contributed by atoms with E-state index in [1.165, 1.54) is 24.5 Å². The highest BCUT2D eigenvalue weighted by Gasteiger charge is 2.33. The number of nitrogens with zero attached hydrogens (tertiary/aromatic N) is 7. The molecule has 0 spiro atoms. The van der Waals surface area contributed by atoms with E-state index >= 15 is 4.39 Å². The lowest BCUT2D eigenvalue weighted by molar-refractivity contribution is -0.138. The Morgan fingerprint density at radius 1 is 1.04 bits per heavy atom. The molecule has 18 heteroatoms. The summed E-state index contributed by atoms with van der Waals surface area (Å²) in [7, 11) is 3.70. The van der Waals surface area contributed by atoms with E-state index in [0.29, 0.717) is 79.5 Å². The molecular formula is C51H62FN7O7S2Si. The first-order valence-electron chi connectivity index (χ1n) is 23.0. The molecule has 0 N–H and O–H groups in total. The van der Waals surface area contributed by atoms with Crippen molar-refractivity contribution in [2.75, 3.05) is 59.1 Å². The second kappa shape index (κ2) is 23.4. The molecule has 1 fully saturated rings. The second-order valence-electron chi connectivity index (χ2n) is 18.5. The SMILES string of the molecule is COC(=O)c1nc(N(CCC2COC(C)(C)O2)c2cc(C)c(/N=c3\sc4ccccc4n3COCC[Si](C)(C)C)nn2)sc1CCCOc1ccc(C#CCN(C)Cc2ccc(OC)cc2)cc1F. The van der Waals surface area contributed by atoms with E-state index in [0.717, 1.165) is 44.5 Å². The molecule has 0 saturated carbocycles. The van der Waals surface area contributed by atoms with E-state index in [1.54, 1.807) is 30.6 Å². The highest BCUT2D eigenvalue weighted by atomic mass is 32.1. The summed E-state index contributed by atoms with van der Waals surface area (Å²) >= 11 is 2.94. The maximum Gasteiger partial charge on any atom is 0.357 e. The normalized spacial score (nSPS) is 14.8. The number of esters is 1. The summed E-state index contributed by atoms with van der Waals surface area (Å²) in [5.74, 6) is 6.38. The number of aromatic nitrogens is 4. The van der Waals surface area contributed by atoms with Gasteiger partial charge in [-0.1, -0.05) is 67.1 Å². The zero-order valence-corrected chi connectivity index (χ0v) is 43.6. The van der Waals surface area contributed by atoms with Crippen molar-refractivity contribution in [2.45, 2.75) is 90.9 Å². The maximum atomic E-state index is 15.2. The van der Waals surface area contributed by atoms with Crippen LogP contribution in [0.15, 0.2) is 77.8 Å². The average molecular weight is 996 g/mol. The number of thiazole rings is 2. The molecule has 3 aromatic heterocycles. The van der Waals surface area contributed by atoms with Gasteiger partial charge in [-0.15, -0.1) is 21.5 Å². The molecular weight excluding hydrogens is 934 g/mol. The van der Waals surface area contributed by atoms with Crippen molar-refractivity contribution >= 4 is 63.7 Å². The Balaban J connectivity index is 1.05. The summed E-state index contributed by atoms with van der Waals surface area (Å²) in [6.07, 6.45) is 1.33. The minimum absolute atomic E-state index is 0.125. The molecule has 3 aromatic carbocycles. The Bertz CT molecular complexity index is 2830. The molecule has 7 rings (SSSR count). The molecule has 69 heavy (non-hydrogen) atoms. The van der Waals surface area contributed by atoms with Crippen LogP contribution in [0.3, 0.4) is 0 Å². The largest absolute Gasteiger partial charge is 0.497 e. The number of hydrogen-bond donors (Lipinski definition) is 0. The Labute approximate surface area is 413 Å². The third kappa shape index (κ3) is 14.3. The summed E-state index contributed by atoms with van der Waals surface area (Å²) in [6.45, 7) is 16.1. The molecule has 1 aliphatic rings. The van der Waals surface area contributed by atoms with E-state index < -0.39 is 25.6 Å². The number of benzene rings is 3. The van der Waals surface area contributed by atoms with Crippen LogP contribution < -0.4 is 19.2 Å². The number of carbonyl (C=O) groups excluding carboxylic acids is 1. The van der Waals surface area contributed by atoms with Crippen LogP contribution in [0.25, 0.3) is 10.2 Å². The predicted octanol–water partition coefficient (Wildman–Crippen LogP) is 9.91. The van der Waals surface area contributed by atoms with Crippen LogP contribution in [0.4, 0.5) is 21.2 Å². The molecule has 1 saturated heterocycles. The van der Waals surface area contributed by atoms with Gasteiger partial charge in [-0.2, -0.15) is 4.99 Å². The van der Waals surface area contributed by atoms with E-state index in [-0.39, 0.29) is 24.2 Å². The number of anilines is 2. The molecule has 0 bridgehead atoms. The van der Waals surface area contributed by atoms with Crippen molar-refractivity contribution in [1.29, 1.82) is 0 Å². The van der Waals surface area contributed by atoms with E-state index in [4.69, 9.17) is 43.5 Å². The van der Waals surface area contributed by atoms with Crippen LogP contribution >= 0.6 is 22.7 Å². The summed E-state index contributed by atoms with van der Waals surface area (Å²) in [4.78, 5) is 28.5. The molecule has 6 aromatic rings. The third-order valence-corrected chi connectivity index (χ3v) is 15.1. The van der Waals surface area contributed by atoms with Gasteiger partial charge in [-0.3, -0.25) is 9.47 Å². The Morgan fingerprint density at radius 2 is 1.84 bits per heavy atom. The highest BCUT2D eigenvalue weighted by molar-refractivity contribution is 7.16. The van der Waals surface area contributed by atoms with Gasteiger partial charge in [0.2, 0.25) is 0 Å². The quantitative estimate of drug-likeness (QED) is 0.0294. The fourth-order valence-corrected chi connectivity index (χ4v) is 10.3. The highest BCUT2D eigenvalue weighted by Crippen LogP contribution is 2.35. The number of carbonyl (C=O) groups is 1. The average Bonchev–Trinajstić information content (AvgIpc) is 4.01.